The van der Waals surface area contributed by atoms with E-state index >= 15 is 0 Å². The monoisotopic (exact) mass is 260 g/mol. The van der Waals surface area contributed by atoms with Gasteiger partial charge < -0.3 is 10.6 Å². The second-order valence-electron chi connectivity index (χ2n) is 6.75. The van der Waals surface area contributed by atoms with Crippen molar-refractivity contribution in [3.05, 3.63) is 35.9 Å². The Morgan fingerprint density at radius 1 is 1.11 bits per heavy atom. The van der Waals surface area contributed by atoms with Crippen LogP contribution in [0.15, 0.2) is 30.3 Å². The fourth-order valence-electron chi connectivity index (χ4n) is 2.55. The molecule has 2 atom stereocenters. The molecule has 1 aromatic rings. The van der Waals surface area contributed by atoms with Crippen LogP contribution in [-0.4, -0.2) is 25.2 Å². The standard InChI is InChI=1S/C17H28N2/c1-17(2,3)19-11-7-10-18-13-15-12-16(15)14-8-5-4-6-9-14/h4-6,8-9,15-16,18-19H,7,10-13H2,1-3H3. The summed E-state index contributed by atoms with van der Waals surface area (Å²) < 4.78 is 0. The molecule has 0 aliphatic heterocycles. The smallest absolute Gasteiger partial charge is 0.00965 e. The predicted octanol–water partition coefficient (Wildman–Crippen LogP) is 3.16. The van der Waals surface area contributed by atoms with Crippen LogP contribution in [-0.2, 0) is 0 Å². The van der Waals surface area contributed by atoms with Crippen LogP contribution in [0.3, 0.4) is 0 Å². The fraction of sp³-hybridized carbons (Fsp3) is 0.647. The first kappa shape index (κ1) is 14.5. The minimum Gasteiger partial charge on any atom is -0.316 e. The number of hydrogen-bond acceptors (Lipinski definition) is 2. The van der Waals surface area contributed by atoms with E-state index in [9.17, 15) is 0 Å². The second-order valence-corrected chi connectivity index (χ2v) is 6.75. The molecule has 1 aliphatic carbocycles. The lowest BCUT2D eigenvalue weighted by molar-refractivity contribution is 0.418. The average Bonchev–Trinajstić information content (AvgIpc) is 3.13. The van der Waals surface area contributed by atoms with E-state index in [1.807, 2.05) is 0 Å². The molecule has 106 valence electrons. The third-order valence-corrected chi connectivity index (χ3v) is 3.74. The number of hydrogen-bond donors (Lipinski definition) is 2. The summed E-state index contributed by atoms with van der Waals surface area (Å²) >= 11 is 0. The molecule has 2 nitrogen and oxygen atoms in total. The van der Waals surface area contributed by atoms with Crippen LogP contribution in [0.25, 0.3) is 0 Å². The van der Waals surface area contributed by atoms with Gasteiger partial charge in [0.2, 0.25) is 0 Å². The molecule has 0 spiro atoms. The second kappa shape index (κ2) is 6.53. The molecule has 0 saturated heterocycles. The summed E-state index contributed by atoms with van der Waals surface area (Å²) in [6.45, 7) is 10.1. The van der Waals surface area contributed by atoms with E-state index in [4.69, 9.17) is 0 Å². The first-order chi connectivity index (χ1) is 9.06. The fourth-order valence-corrected chi connectivity index (χ4v) is 2.55. The van der Waals surface area contributed by atoms with Crippen LogP contribution in [0.4, 0.5) is 0 Å². The Morgan fingerprint density at radius 3 is 2.53 bits per heavy atom. The molecular formula is C17H28N2. The van der Waals surface area contributed by atoms with Gasteiger partial charge in [-0.05, 0) is 70.6 Å². The van der Waals surface area contributed by atoms with Crippen molar-refractivity contribution in [2.75, 3.05) is 19.6 Å². The van der Waals surface area contributed by atoms with E-state index in [1.165, 1.54) is 24.9 Å². The van der Waals surface area contributed by atoms with Crippen molar-refractivity contribution in [1.82, 2.24) is 10.6 Å². The summed E-state index contributed by atoms with van der Waals surface area (Å²) in [5.74, 6) is 1.67. The van der Waals surface area contributed by atoms with Crippen molar-refractivity contribution in [3.63, 3.8) is 0 Å². The molecule has 2 rings (SSSR count). The molecular weight excluding hydrogens is 232 g/mol. The molecule has 2 N–H and O–H groups in total. The Bertz CT molecular complexity index is 367. The molecule has 19 heavy (non-hydrogen) atoms. The molecule has 2 heteroatoms. The van der Waals surface area contributed by atoms with Crippen molar-refractivity contribution in [2.24, 2.45) is 5.92 Å². The van der Waals surface area contributed by atoms with Crippen LogP contribution in [0.1, 0.15) is 45.1 Å². The first-order valence-corrected chi connectivity index (χ1v) is 7.57. The quantitative estimate of drug-likeness (QED) is 0.736. The Morgan fingerprint density at radius 2 is 1.84 bits per heavy atom. The van der Waals surface area contributed by atoms with Gasteiger partial charge in [-0.1, -0.05) is 30.3 Å². The summed E-state index contributed by atoms with van der Waals surface area (Å²) in [6, 6.07) is 10.9. The van der Waals surface area contributed by atoms with E-state index in [-0.39, 0.29) is 5.54 Å². The molecule has 0 radical (unpaired) electrons. The zero-order chi connectivity index (χ0) is 13.7. The van der Waals surface area contributed by atoms with E-state index in [0.29, 0.717) is 0 Å². The minimum absolute atomic E-state index is 0.245. The molecule has 0 heterocycles. The van der Waals surface area contributed by atoms with E-state index in [2.05, 4.69) is 61.7 Å². The summed E-state index contributed by atoms with van der Waals surface area (Å²) in [4.78, 5) is 0. The van der Waals surface area contributed by atoms with Crippen LogP contribution in [0.5, 0.6) is 0 Å². The summed E-state index contributed by atoms with van der Waals surface area (Å²) in [5, 5.41) is 7.11. The lowest BCUT2D eigenvalue weighted by atomic mass is 10.1. The van der Waals surface area contributed by atoms with Crippen molar-refractivity contribution >= 4 is 0 Å². The van der Waals surface area contributed by atoms with E-state index < -0.39 is 0 Å². The van der Waals surface area contributed by atoms with Gasteiger partial charge in [0.1, 0.15) is 0 Å². The zero-order valence-corrected chi connectivity index (χ0v) is 12.6. The van der Waals surface area contributed by atoms with Crippen LogP contribution in [0, 0.1) is 5.92 Å². The predicted molar refractivity (Wildman–Crippen MR) is 82.5 cm³/mol. The van der Waals surface area contributed by atoms with Crippen LogP contribution in [0.2, 0.25) is 0 Å². The number of benzene rings is 1. The van der Waals surface area contributed by atoms with Crippen LogP contribution >= 0.6 is 0 Å². The van der Waals surface area contributed by atoms with Gasteiger partial charge in [0.25, 0.3) is 0 Å². The van der Waals surface area contributed by atoms with E-state index in [0.717, 1.165) is 24.9 Å². The molecule has 1 aliphatic rings. The Kier molecular flexibility index (Phi) is 5.00. The maximum atomic E-state index is 3.59. The lowest BCUT2D eigenvalue weighted by Crippen LogP contribution is -2.37. The van der Waals surface area contributed by atoms with Crippen molar-refractivity contribution < 1.29 is 0 Å². The third-order valence-electron chi connectivity index (χ3n) is 3.74. The number of rotatable bonds is 7. The Labute approximate surface area is 118 Å². The Balaban J connectivity index is 1.52. The molecule has 0 amide bonds. The topological polar surface area (TPSA) is 24.1 Å². The third kappa shape index (κ3) is 5.33. The van der Waals surface area contributed by atoms with Gasteiger partial charge in [0.05, 0.1) is 0 Å². The molecule has 1 aromatic carbocycles. The summed E-state index contributed by atoms with van der Waals surface area (Å²) in [7, 11) is 0. The highest BCUT2D eigenvalue weighted by molar-refractivity contribution is 5.25. The van der Waals surface area contributed by atoms with Crippen LogP contribution < -0.4 is 10.6 Å². The lowest BCUT2D eigenvalue weighted by Gasteiger charge is -2.20. The maximum absolute atomic E-state index is 3.59. The molecule has 1 saturated carbocycles. The molecule has 0 aromatic heterocycles. The Hall–Kier alpha value is -0.860. The van der Waals surface area contributed by atoms with Crippen molar-refractivity contribution in [2.45, 2.75) is 45.1 Å². The molecule has 1 fully saturated rings. The first-order valence-electron chi connectivity index (χ1n) is 7.57. The zero-order valence-electron chi connectivity index (χ0n) is 12.6. The number of nitrogens with one attached hydrogen (secondary N) is 2. The van der Waals surface area contributed by atoms with Crippen molar-refractivity contribution in [1.29, 1.82) is 0 Å². The average molecular weight is 260 g/mol. The van der Waals surface area contributed by atoms with Gasteiger partial charge in [-0.2, -0.15) is 0 Å². The largest absolute Gasteiger partial charge is 0.316 e. The highest BCUT2D eigenvalue weighted by Crippen LogP contribution is 2.46. The summed E-state index contributed by atoms with van der Waals surface area (Å²) in [5.41, 5.74) is 1.76. The highest BCUT2D eigenvalue weighted by Gasteiger charge is 2.37. The SMILES string of the molecule is CC(C)(C)NCCCNCC1CC1c1ccccc1. The minimum atomic E-state index is 0.245. The molecule has 2 unspecified atom stereocenters. The normalized spacial score (nSPS) is 22.5. The van der Waals surface area contributed by atoms with Gasteiger partial charge in [-0.25, -0.2) is 0 Å². The van der Waals surface area contributed by atoms with Gasteiger partial charge in [0.15, 0.2) is 0 Å². The highest BCUT2D eigenvalue weighted by atomic mass is 14.9. The van der Waals surface area contributed by atoms with Crippen molar-refractivity contribution in [3.8, 4) is 0 Å². The summed E-state index contributed by atoms with van der Waals surface area (Å²) in [6.07, 6.45) is 2.57. The maximum Gasteiger partial charge on any atom is 0.00965 e. The van der Waals surface area contributed by atoms with E-state index in [1.54, 1.807) is 0 Å². The van der Waals surface area contributed by atoms with Gasteiger partial charge in [0, 0.05) is 5.54 Å². The van der Waals surface area contributed by atoms with Gasteiger partial charge >= 0.3 is 0 Å². The van der Waals surface area contributed by atoms with Gasteiger partial charge in [-0.15, -0.1) is 0 Å². The molecule has 0 bridgehead atoms. The van der Waals surface area contributed by atoms with Gasteiger partial charge in [-0.3, -0.25) is 0 Å².